The fourth-order valence-electron chi connectivity index (χ4n) is 1.11. The minimum absolute atomic E-state index is 0.611. The van der Waals surface area contributed by atoms with Gasteiger partial charge in [0.25, 0.3) is 0 Å². The first-order chi connectivity index (χ1) is 5.61. The van der Waals surface area contributed by atoms with E-state index in [4.69, 9.17) is 0 Å². The van der Waals surface area contributed by atoms with Gasteiger partial charge in [0.1, 0.15) is 5.03 Å². The van der Waals surface area contributed by atoms with Crippen molar-refractivity contribution in [3.05, 3.63) is 0 Å². The van der Waals surface area contributed by atoms with E-state index < -0.39 is 0 Å². The van der Waals surface area contributed by atoms with Gasteiger partial charge in [0.2, 0.25) is 0 Å². The Hall–Kier alpha value is -0.710. The van der Waals surface area contributed by atoms with Crippen LogP contribution in [0.4, 0.5) is 5.82 Å². The number of nitrogens with one attached hydrogen (secondary N) is 1. The summed E-state index contributed by atoms with van der Waals surface area (Å²) in [5.41, 5.74) is 0. The fraction of sp³-hybridized carbons (Fsp3) is 0.714. The standard InChI is InChI=1S/C7H14N4S/c1-5(2)4-11(3)6-7(12)9-10-8-6/h5H,4H2,1-3H3,(H2,8,9,10,12). The lowest BCUT2D eigenvalue weighted by molar-refractivity contribution is 0.632. The number of thiol groups is 1. The van der Waals surface area contributed by atoms with Crippen LogP contribution in [0.2, 0.25) is 0 Å². The number of nitrogens with zero attached hydrogens (tertiary/aromatic N) is 3. The Morgan fingerprint density at radius 2 is 2.25 bits per heavy atom. The summed E-state index contributed by atoms with van der Waals surface area (Å²) in [5, 5.41) is 11.0. The van der Waals surface area contributed by atoms with E-state index in [2.05, 4.69) is 41.9 Å². The highest BCUT2D eigenvalue weighted by molar-refractivity contribution is 7.80. The van der Waals surface area contributed by atoms with Crippen molar-refractivity contribution in [2.24, 2.45) is 5.92 Å². The second-order valence-corrected chi connectivity index (χ2v) is 3.71. The third-order valence-corrected chi connectivity index (χ3v) is 1.81. The molecule has 1 rings (SSSR count). The highest BCUT2D eigenvalue weighted by atomic mass is 32.1. The van der Waals surface area contributed by atoms with Gasteiger partial charge in [-0.25, -0.2) is 5.10 Å². The quantitative estimate of drug-likeness (QED) is 0.697. The lowest BCUT2D eigenvalue weighted by atomic mass is 10.2. The van der Waals surface area contributed by atoms with E-state index in [1.54, 1.807) is 0 Å². The van der Waals surface area contributed by atoms with Gasteiger partial charge in [-0.05, 0) is 5.92 Å². The van der Waals surface area contributed by atoms with E-state index in [0.29, 0.717) is 5.92 Å². The summed E-state index contributed by atoms with van der Waals surface area (Å²) in [4.78, 5) is 2.04. The van der Waals surface area contributed by atoms with E-state index in [0.717, 1.165) is 17.4 Å². The highest BCUT2D eigenvalue weighted by Crippen LogP contribution is 2.16. The summed E-state index contributed by atoms with van der Waals surface area (Å²) in [6, 6.07) is 0. The molecule has 68 valence electrons. The van der Waals surface area contributed by atoms with E-state index in [1.807, 2.05) is 11.9 Å². The van der Waals surface area contributed by atoms with Crippen molar-refractivity contribution in [1.82, 2.24) is 15.4 Å². The van der Waals surface area contributed by atoms with Gasteiger partial charge in [-0.3, -0.25) is 0 Å². The molecule has 1 aromatic heterocycles. The highest BCUT2D eigenvalue weighted by Gasteiger charge is 2.09. The summed E-state index contributed by atoms with van der Waals surface area (Å²) < 4.78 is 0. The van der Waals surface area contributed by atoms with Gasteiger partial charge < -0.3 is 4.90 Å². The van der Waals surface area contributed by atoms with Crippen molar-refractivity contribution < 1.29 is 0 Å². The molecule has 1 heterocycles. The summed E-state index contributed by atoms with van der Waals surface area (Å²) in [5.74, 6) is 1.42. The van der Waals surface area contributed by atoms with E-state index >= 15 is 0 Å². The first kappa shape index (κ1) is 9.38. The van der Waals surface area contributed by atoms with Crippen LogP contribution >= 0.6 is 12.6 Å². The molecular formula is C7H14N4S. The molecule has 0 radical (unpaired) electrons. The minimum Gasteiger partial charge on any atom is -0.356 e. The van der Waals surface area contributed by atoms with E-state index in [-0.39, 0.29) is 0 Å². The number of H-pyrrole nitrogens is 1. The molecular weight excluding hydrogens is 172 g/mol. The van der Waals surface area contributed by atoms with Crippen molar-refractivity contribution in [2.45, 2.75) is 18.9 Å². The van der Waals surface area contributed by atoms with Crippen LogP contribution in [0.25, 0.3) is 0 Å². The maximum absolute atomic E-state index is 4.19. The van der Waals surface area contributed by atoms with Crippen molar-refractivity contribution in [1.29, 1.82) is 0 Å². The Morgan fingerprint density at radius 3 is 2.67 bits per heavy atom. The zero-order chi connectivity index (χ0) is 9.14. The average molecular weight is 186 g/mol. The molecule has 12 heavy (non-hydrogen) atoms. The van der Waals surface area contributed by atoms with Crippen LogP contribution in [-0.2, 0) is 0 Å². The number of hydrogen-bond acceptors (Lipinski definition) is 4. The second-order valence-electron chi connectivity index (χ2n) is 3.26. The number of aromatic nitrogens is 3. The molecule has 1 N–H and O–H groups in total. The Kier molecular flexibility index (Phi) is 2.97. The Bertz CT molecular complexity index is 245. The molecule has 0 unspecified atom stereocenters. The minimum atomic E-state index is 0.611. The monoisotopic (exact) mass is 186 g/mol. The van der Waals surface area contributed by atoms with Crippen LogP contribution in [0.1, 0.15) is 13.8 Å². The number of rotatable bonds is 3. The summed E-state index contributed by atoms with van der Waals surface area (Å²) in [6.45, 7) is 5.28. The molecule has 0 fully saturated rings. The number of anilines is 1. The van der Waals surface area contributed by atoms with Crippen LogP contribution in [0.5, 0.6) is 0 Å². The Morgan fingerprint density at radius 1 is 1.58 bits per heavy atom. The lowest BCUT2D eigenvalue weighted by Crippen LogP contribution is -2.23. The van der Waals surface area contributed by atoms with Crippen molar-refractivity contribution in [3.63, 3.8) is 0 Å². The van der Waals surface area contributed by atoms with Gasteiger partial charge in [-0.2, -0.15) is 0 Å². The van der Waals surface area contributed by atoms with Gasteiger partial charge in [0.15, 0.2) is 5.82 Å². The molecule has 0 bridgehead atoms. The largest absolute Gasteiger partial charge is 0.356 e. The third kappa shape index (κ3) is 2.14. The van der Waals surface area contributed by atoms with Gasteiger partial charge >= 0.3 is 0 Å². The van der Waals surface area contributed by atoms with Crippen molar-refractivity contribution >= 4 is 18.4 Å². The van der Waals surface area contributed by atoms with Gasteiger partial charge in [0, 0.05) is 13.6 Å². The molecule has 0 amide bonds. The molecule has 0 aliphatic heterocycles. The van der Waals surface area contributed by atoms with Crippen LogP contribution in [-0.4, -0.2) is 29.0 Å². The van der Waals surface area contributed by atoms with Gasteiger partial charge in [-0.15, -0.1) is 17.7 Å². The fourth-order valence-corrected chi connectivity index (χ4v) is 1.37. The summed E-state index contributed by atoms with van der Waals surface area (Å²) in [6.07, 6.45) is 0. The van der Waals surface area contributed by atoms with Crippen LogP contribution in [0, 0.1) is 5.92 Å². The van der Waals surface area contributed by atoms with E-state index in [1.165, 1.54) is 0 Å². The second kappa shape index (κ2) is 3.80. The summed E-state index contributed by atoms with van der Waals surface area (Å²) >= 11 is 4.19. The smallest absolute Gasteiger partial charge is 0.184 e. The van der Waals surface area contributed by atoms with Crippen LogP contribution < -0.4 is 4.90 Å². The van der Waals surface area contributed by atoms with Gasteiger partial charge in [0.05, 0.1) is 0 Å². The molecule has 5 heteroatoms. The lowest BCUT2D eigenvalue weighted by Gasteiger charge is -2.18. The zero-order valence-electron chi connectivity index (χ0n) is 7.57. The molecule has 0 aliphatic carbocycles. The molecule has 0 spiro atoms. The molecule has 0 atom stereocenters. The first-order valence-corrected chi connectivity index (χ1v) is 4.37. The predicted molar refractivity (Wildman–Crippen MR) is 51.7 cm³/mol. The number of aromatic amines is 1. The average Bonchev–Trinajstić information content (AvgIpc) is 2.33. The zero-order valence-corrected chi connectivity index (χ0v) is 8.47. The number of hydrogen-bond donors (Lipinski definition) is 2. The molecule has 0 saturated heterocycles. The van der Waals surface area contributed by atoms with Crippen LogP contribution in [0.15, 0.2) is 5.03 Å². The first-order valence-electron chi connectivity index (χ1n) is 3.92. The topological polar surface area (TPSA) is 44.8 Å². The van der Waals surface area contributed by atoms with Crippen molar-refractivity contribution in [2.75, 3.05) is 18.5 Å². The maximum atomic E-state index is 4.19. The van der Waals surface area contributed by atoms with E-state index in [9.17, 15) is 0 Å². The molecule has 0 saturated carbocycles. The van der Waals surface area contributed by atoms with Crippen molar-refractivity contribution in [3.8, 4) is 0 Å². The van der Waals surface area contributed by atoms with Gasteiger partial charge in [-0.1, -0.05) is 19.1 Å². The Labute approximate surface area is 77.8 Å². The maximum Gasteiger partial charge on any atom is 0.184 e. The molecule has 1 aromatic rings. The normalized spacial score (nSPS) is 10.8. The third-order valence-electron chi connectivity index (χ3n) is 1.51. The molecule has 0 aliphatic rings. The SMILES string of the molecule is CC(C)CN(C)c1nn[nH]c1S. The Balaban J connectivity index is 2.65. The predicted octanol–water partition coefficient (Wildman–Crippen LogP) is 1.19. The molecule has 4 nitrogen and oxygen atoms in total. The van der Waals surface area contributed by atoms with Crippen LogP contribution in [0.3, 0.4) is 0 Å². The summed E-state index contributed by atoms with van der Waals surface area (Å²) in [7, 11) is 1.98. The molecule has 0 aromatic carbocycles.